The van der Waals surface area contributed by atoms with Gasteiger partial charge in [-0.2, -0.15) is 0 Å². The van der Waals surface area contributed by atoms with E-state index in [1.54, 1.807) is 12.1 Å². The standard InChI is InChI=1S/C16H12O6/c17-6-9-12(19)5-13-14(15(9)20)16(21)10(7-22-13)8-3-1-2-4-11(8)18/h1-5,7,17-20H,6H2. The maximum absolute atomic E-state index is 12.6. The third-order valence-corrected chi connectivity index (χ3v) is 3.47. The van der Waals surface area contributed by atoms with Crippen LogP contribution in [0.15, 0.2) is 45.8 Å². The highest BCUT2D eigenvalue weighted by Gasteiger charge is 2.19. The van der Waals surface area contributed by atoms with Crippen LogP contribution in [0.25, 0.3) is 22.1 Å². The highest BCUT2D eigenvalue weighted by atomic mass is 16.3. The second-order valence-electron chi connectivity index (χ2n) is 4.75. The van der Waals surface area contributed by atoms with E-state index in [-0.39, 0.29) is 39.2 Å². The van der Waals surface area contributed by atoms with Crippen LogP contribution in [0, 0.1) is 0 Å². The van der Waals surface area contributed by atoms with E-state index in [4.69, 9.17) is 4.42 Å². The smallest absolute Gasteiger partial charge is 0.204 e. The van der Waals surface area contributed by atoms with Crippen LogP contribution in [0.4, 0.5) is 0 Å². The van der Waals surface area contributed by atoms with Gasteiger partial charge in [0.2, 0.25) is 5.43 Å². The number of hydrogen-bond acceptors (Lipinski definition) is 6. The normalized spacial score (nSPS) is 11.0. The molecule has 1 heterocycles. The summed E-state index contributed by atoms with van der Waals surface area (Å²) in [7, 11) is 0. The summed E-state index contributed by atoms with van der Waals surface area (Å²) in [5.74, 6) is -1.01. The molecule has 0 bridgehead atoms. The van der Waals surface area contributed by atoms with E-state index in [2.05, 4.69) is 0 Å². The van der Waals surface area contributed by atoms with Gasteiger partial charge in [0.25, 0.3) is 0 Å². The molecule has 0 fully saturated rings. The van der Waals surface area contributed by atoms with Crippen molar-refractivity contribution in [1.82, 2.24) is 0 Å². The second kappa shape index (κ2) is 5.09. The first-order valence-corrected chi connectivity index (χ1v) is 6.43. The number of phenolic OH excluding ortho intramolecular Hbond substituents is 1. The zero-order valence-corrected chi connectivity index (χ0v) is 11.3. The van der Waals surface area contributed by atoms with E-state index in [9.17, 15) is 25.2 Å². The fourth-order valence-electron chi connectivity index (χ4n) is 2.34. The number of fused-ring (bicyclic) bond motifs is 1. The van der Waals surface area contributed by atoms with Gasteiger partial charge in [-0.15, -0.1) is 0 Å². The van der Waals surface area contributed by atoms with Crippen LogP contribution >= 0.6 is 0 Å². The first-order chi connectivity index (χ1) is 10.5. The van der Waals surface area contributed by atoms with Gasteiger partial charge in [-0.25, -0.2) is 0 Å². The Morgan fingerprint density at radius 2 is 1.73 bits per heavy atom. The second-order valence-corrected chi connectivity index (χ2v) is 4.75. The minimum absolute atomic E-state index is 0.0172. The summed E-state index contributed by atoms with van der Waals surface area (Å²) in [6.45, 7) is -0.631. The number of hydrogen-bond donors (Lipinski definition) is 4. The molecular formula is C16H12O6. The fourth-order valence-corrected chi connectivity index (χ4v) is 2.34. The number of benzene rings is 2. The van der Waals surface area contributed by atoms with E-state index < -0.39 is 17.8 Å². The number of phenols is 3. The predicted octanol–water partition coefficient (Wildman–Crippen LogP) is 2.07. The van der Waals surface area contributed by atoms with Crippen molar-refractivity contribution in [1.29, 1.82) is 0 Å². The van der Waals surface area contributed by atoms with Crippen molar-refractivity contribution < 1.29 is 24.8 Å². The summed E-state index contributed by atoms with van der Waals surface area (Å²) in [5, 5.41) is 38.7. The van der Waals surface area contributed by atoms with E-state index in [1.807, 2.05) is 0 Å². The Balaban J connectivity index is 2.40. The van der Waals surface area contributed by atoms with E-state index >= 15 is 0 Å². The Kier molecular flexibility index (Phi) is 3.23. The van der Waals surface area contributed by atoms with E-state index in [0.717, 1.165) is 12.3 Å². The Hall–Kier alpha value is -2.99. The maximum atomic E-state index is 12.6. The van der Waals surface area contributed by atoms with Crippen LogP contribution in [-0.2, 0) is 6.61 Å². The van der Waals surface area contributed by atoms with Gasteiger partial charge in [-0.05, 0) is 6.07 Å². The van der Waals surface area contributed by atoms with Crippen molar-refractivity contribution in [2.75, 3.05) is 0 Å². The number of aliphatic hydroxyl groups excluding tert-OH is 1. The molecule has 0 saturated carbocycles. The molecule has 0 radical (unpaired) electrons. The lowest BCUT2D eigenvalue weighted by atomic mass is 10.0. The minimum Gasteiger partial charge on any atom is -0.507 e. The molecule has 4 N–H and O–H groups in total. The third kappa shape index (κ3) is 1.97. The van der Waals surface area contributed by atoms with Crippen LogP contribution in [-0.4, -0.2) is 20.4 Å². The molecule has 1 aromatic heterocycles. The summed E-state index contributed by atoms with van der Waals surface area (Å²) < 4.78 is 5.28. The van der Waals surface area contributed by atoms with Gasteiger partial charge >= 0.3 is 0 Å². The molecule has 0 aliphatic heterocycles. The molecule has 0 aliphatic carbocycles. The highest BCUT2D eigenvalue weighted by Crippen LogP contribution is 2.36. The zero-order chi connectivity index (χ0) is 15.9. The van der Waals surface area contributed by atoms with Crippen molar-refractivity contribution in [3.05, 3.63) is 52.4 Å². The summed E-state index contributed by atoms with van der Waals surface area (Å²) in [5.41, 5.74) is -0.424. The number of rotatable bonds is 2. The first-order valence-electron chi connectivity index (χ1n) is 6.43. The summed E-state index contributed by atoms with van der Waals surface area (Å²) in [4.78, 5) is 12.6. The van der Waals surface area contributed by atoms with Crippen LogP contribution < -0.4 is 5.43 Å². The van der Waals surface area contributed by atoms with Crippen molar-refractivity contribution in [2.45, 2.75) is 6.61 Å². The van der Waals surface area contributed by atoms with Gasteiger partial charge < -0.3 is 24.8 Å². The van der Waals surface area contributed by atoms with Crippen LogP contribution in [0.3, 0.4) is 0 Å². The van der Waals surface area contributed by atoms with Crippen molar-refractivity contribution in [3.8, 4) is 28.4 Å². The van der Waals surface area contributed by atoms with Crippen LogP contribution in [0.1, 0.15) is 5.56 Å². The molecule has 22 heavy (non-hydrogen) atoms. The Labute approximate surface area is 124 Å². The Morgan fingerprint density at radius 1 is 1.00 bits per heavy atom. The molecule has 0 atom stereocenters. The monoisotopic (exact) mass is 300 g/mol. The molecule has 0 unspecified atom stereocenters. The van der Waals surface area contributed by atoms with E-state index in [1.165, 1.54) is 12.1 Å². The number of aromatic hydroxyl groups is 3. The minimum atomic E-state index is -0.631. The Bertz CT molecular complexity index is 926. The molecule has 0 saturated heterocycles. The maximum Gasteiger partial charge on any atom is 0.204 e. The van der Waals surface area contributed by atoms with Gasteiger partial charge in [0.05, 0.1) is 17.7 Å². The number of aliphatic hydroxyl groups is 1. The topological polar surface area (TPSA) is 111 Å². The quantitative estimate of drug-likeness (QED) is 0.576. The van der Waals surface area contributed by atoms with Crippen LogP contribution in [0.2, 0.25) is 0 Å². The van der Waals surface area contributed by atoms with Crippen molar-refractivity contribution in [2.24, 2.45) is 0 Å². The average Bonchev–Trinajstić information content (AvgIpc) is 2.48. The molecule has 3 rings (SSSR count). The molecule has 0 spiro atoms. The van der Waals surface area contributed by atoms with Crippen molar-refractivity contribution >= 4 is 11.0 Å². The summed E-state index contributed by atoms with van der Waals surface area (Å²) in [6.07, 6.45) is 1.15. The van der Waals surface area contributed by atoms with Gasteiger partial charge in [-0.3, -0.25) is 4.79 Å². The lowest BCUT2D eigenvalue weighted by Crippen LogP contribution is -2.06. The Morgan fingerprint density at radius 3 is 2.41 bits per heavy atom. The lowest BCUT2D eigenvalue weighted by Gasteiger charge is -2.09. The van der Waals surface area contributed by atoms with Gasteiger partial charge in [-0.1, -0.05) is 18.2 Å². The lowest BCUT2D eigenvalue weighted by molar-refractivity contribution is 0.269. The first kappa shape index (κ1) is 14.0. The molecular weight excluding hydrogens is 288 g/mol. The van der Waals surface area contributed by atoms with Crippen LogP contribution in [0.5, 0.6) is 17.2 Å². The number of para-hydroxylation sites is 1. The average molecular weight is 300 g/mol. The highest BCUT2D eigenvalue weighted by molar-refractivity contribution is 5.90. The molecule has 3 aromatic rings. The van der Waals surface area contributed by atoms with Gasteiger partial charge in [0.15, 0.2) is 0 Å². The molecule has 6 nitrogen and oxygen atoms in total. The molecule has 2 aromatic carbocycles. The van der Waals surface area contributed by atoms with E-state index in [0.29, 0.717) is 0 Å². The largest absolute Gasteiger partial charge is 0.507 e. The third-order valence-electron chi connectivity index (χ3n) is 3.47. The molecule has 0 aliphatic rings. The fraction of sp³-hybridized carbons (Fsp3) is 0.0625. The summed E-state index contributed by atoms with van der Waals surface area (Å²) >= 11 is 0. The summed E-state index contributed by atoms with van der Waals surface area (Å²) in [6, 6.07) is 7.37. The zero-order valence-electron chi connectivity index (χ0n) is 11.3. The van der Waals surface area contributed by atoms with Gasteiger partial charge in [0, 0.05) is 11.6 Å². The van der Waals surface area contributed by atoms with Crippen molar-refractivity contribution in [3.63, 3.8) is 0 Å². The molecule has 112 valence electrons. The molecule has 0 amide bonds. The molecule has 6 heteroatoms. The van der Waals surface area contributed by atoms with Gasteiger partial charge in [0.1, 0.15) is 34.5 Å². The SMILES string of the molecule is O=c1c(-c2ccccc2O)coc2cc(O)c(CO)c(O)c12. The predicted molar refractivity (Wildman–Crippen MR) is 78.8 cm³/mol.